The largest absolute Gasteiger partial charge is 0.497 e. The number of aromatic nitrogens is 1. The van der Waals surface area contributed by atoms with Gasteiger partial charge in [-0.25, -0.2) is 18.1 Å². The highest BCUT2D eigenvalue weighted by molar-refractivity contribution is 7.89. The summed E-state index contributed by atoms with van der Waals surface area (Å²) in [5.74, 6) is 0.718. The van der Waals surface area contributed by atoms with Crippen LogP contribution in [-0.2, 0) is 16.6 Å². The second-order valence-electron chi connectivity index (χ2n) is 3.99. The van der Waals surface area contributed by atoms with Crippen molar-refractivity contribution in [3.63, 3.8) is 0 Å². The van der Waals surface area contributed by atoms with Gasteiger partial charge in [0.2, 0.25) is 0 Å². The molecule has 1 aromatic carbocycles. The molecule has 20 heavy (non-hydrogen) atoms. The fourth-order valence-corrected chi connectivity index (χ4v) is 2.57. The van der Waals surface area contributed by atoms with Crippen LogP contribution in [0.25, 0.3) is 0 Å². The zero-order valence-electron chi connectivity index (χ0n) is 10.7. The van der Waals surface area contributed by atoms with Gasteiger partial charge in [-0.2, -0.15) is 0 Å². The van der Waals surface area contributed by atoms with Gasteiger partial charge in [-0.05, 0) is 29.8 Å². The molecule has 106 valence electrons. The van der Waals surface area contributed by atoms with Gasteiger partial charge in [0.25, 0.3) is 10.0 Å². The molecule has 1 aromatic heterocycles. The third-order valence-corrected chi connectivity index (χ3v) is 4.14. The first-order chi connectivity index (χ1) is 9.51. The smallest absolute Gasteiger partial charge is 0.258 e. The summed E-state index contributed by atoms with van der Waals surface area (Å²) in [5.41, 5.74) is 0.823. The monoisotopic (exact) mass is 312 g/mol. The first-order valence-corrected chi connectivity index (χ1v) is 7.61. The average Bonchev–Trinajstić information content (AvgIpc) is 2.46. The summed E-state index contributed by atoms with van der Waals surface area (Å²) >= 11 is 5.67. The number of hydrogen-bond donors (Lipinski definition) is 1. The van der Waals surface area contributed by atoms with Crippen molar-refractivity contribution >= 4 is 21.6 Å². The van der Waals surface area contributed by atoms with E-state index < -0.39 is 10.0 Å². The molecule has 0 aliphatic rings. The molecule has 0 radical (unpaired) electrons. The Morgan fingerprint density at radius 3 is 2.45 bits per heavy atom. The van der Waals surface area contributed by atoms with Crippen molar-refractivity contribution in [2.75, 3.05) is 7.11 Å². The van der Waals surface area contributed by atoms with E-state index in [1.807, 2.05) is 0 Å². The highest BCUT2D eigenvalue weighted by Gasteiger charge is 2.14. The Labute approximate surface area is 122 Å². The maximum atomic E-state index is 12.0. The van der Waals surface area contributed by atoms with Gasteiger partial charge in [-0.15, -0.1) is 0 Å². The molecule has 5 nitrogen and oxygen atoms in total. The molecule has 1 heterocycles. The molecule has 1 N–H and O–H groups in total. The van der Waals surface area contributed by atoms with Gasteiger partial charge in [0.15, 0.2) is 5.03 Å². The van der Waals surface area contributed by atoms with Gasteiger partial charge in [0.05, 0.1) is 12.1 Å². The fourth-order valence-electron chi connectivity index (χ4n) is 1.52. The summed E-state index contributed by atoms with van der Waals surface area (Å²) in [5, 5.41) is 0.328. The van der Waals surface area contributed by atoms with E-state index in [0.29, 0.717) is 5.02 Å². The molecule has 0 saturated heterocycles. The SMILES string of the molecule is COc1ccc(CNS(=O)(=O)c2ccc(Cl)cn2)cc1. The zero-order valence-corrected chi connectivity index (χ0v) is 12.3. The van der Waals surface area contributed by atoms with Crippen LogP contribution < -0.4 is 9.46 Å². The predicted molar refractivity (Wildman–Crippen MR) is 76.3 cm³/mol. The third kappa shape index (κ3) is 3.69. The predicted octanol–water partition coefficient (Wildman–Crippen LogP) is 2.22. The second-order valence-corrected chi connectivity index (χ2v) is 6.14. The number of ether oxygens (including phenoxy) is 1. The van der Waals surface area contributed by atoms with Crippen molar-refractivity contribution in [3.05, 3.63) is 53.2 Å². The van der Waals surface area contributed by atoms with Gasteiger partial charge >= 0.3 is 0 Å². The number of halogens is 1. The van der Waals surface area contributed by atoms with E-state index in [9.17, 15) is 8.42 Å². The van der Waals surface area contributed by atoms with Gasteiger partial charge in [-0.3, -0.25) is 0 Å². The standard InChI is InChI=1S/C13H13ClN2O3S/c1-19-12-5-2-10(3-6-12)8-16-20(17,18)13-7-4-11(14)9-15-13/h2-7,9,16H,8H2,1H3. The van der Waals surface area contributed by atoms with Crippen molar-refractivity contribution in [3.8, 4) is 5.75 Å². The summed E-state index contributed by atoms with van der Waals surface area (Å²) in [6.45, 7) is 0.177. The number of sulfonamides is 1. The lowest BCUT2D eigenvalue weighted by atomic mass is 10.2. The zero-order chi connectivity index (χ0) is 14.6. The van der Waals surface area contributed by atoms with Gasteiger partial charge in [0.1, 0.15) is 5.75 Å². The van der Waals surface area contributed by atoms with E-state index in [-0.39, 0.29) is 11.6 Å². The van der Waals surface area contributed by atoms with Crippen LogP contribution in [0.5, 0.6) is 5.75 Å². The van der Waals surface area contributed by atoms with Crippen molar-refractivity contribution < 1.29 is 13.2 Å². The minimum Gasteiger partial charge on any atom is -0.497 e. The number of rotatable bonds is 5. The lowest BCUT2D eigenvalue weighted by Gasteiger charge is -2.07. The summed E-state index contributed by atoms with van der Waals surface area (Å²) in [7, 11) is -2.07. The molecular formula is C13H13ClN2O3S. The van der Waals surface area contributed by atoms with Crippen LogP contribution in [0.2, 0.25) is 5.02 Å². The third-order valence-electron chi connectivity index (χ3n) is 2.60. The highest BCUT2D eigenvalue weighted by atomic mass is 35.5. The molecule has 0 aliphatic heterocycles. The normalized spacial score (nSPS) is 11.3. The van der Waals surface area contributed by atoms with Crippen molar-refractivity contribution in [2.24, 2.45) is 0 Å². The Balaban J connectivity index is 2.06. The van der Waals surface area contributed by atoms with Crippen LogP contribution >= 0.6 is 11.6 Å². The number of nitrogens with zero attached hydrogens (tertiary/aromatic N) is 1. The van der Waals surface area contributed by atoms with Crippen molar-refractivity contribution in [2.45, 2.75) is 11.6 Å². The van der Waals surface area contributed by atoms with Crippen LogP contribution in [-0.4, -0.2) is 20.5 Å². The number of hydrogen-bond acceptors (Lipinski definition) is 4. The molecule has 2 rings (SSSR count). The van der Waals surface area contributed by atoms with Gasteiger partial charge < -0.3 is 4.74 Å². The fraction of sp³-hybridized carbons (Fsp3) is 0.154. The van der Waals surface area contributed by atoms with Gasteiger partial charge in [-0.1, -0.05) is 23.7 Å². The van der Waals surface area contributed by atoms with Crippen LogP contribution in [0, 0.1) is 0 Å². The van der Waals surface area contributed by atoms with Gasteiger partial charge in [0, 0.05) is 12.7 Å². The number of methoxy groups -OCH3 is 1. The first-order valence-electron chi connectivity index (χ1n) is 5.75. The van der Waals surface area contributed by atoms with Crippen LogP contribution in [0.3, 0.4) is 0 Å². The maximum Gasteiger partial charge on any atom is 0.258 e. The summed E-state index contributed by atoms with van der Waals surface area (Å²) < 4.78 is 31.5. The van der Waals surface area contributed by atoms with E-state index in [1.54, 1.807) is 31.4 Å². The average molecular weight is 313 g/mol. The van der Waals surface area contributed by atoms with E-state index in [2.05, 4.69) is 9.71 Å². The van der Waals surface area contributed by atoms with Crippen molar-refractivity contribution in [1.82, 2.24) is 9.71 Å². The lowest BCUT2D eigenvalue weighted by molar-refractivity contribution is 0.414. The molecule has 0 amide bonds. The molecular weight excluding hydrogens is 300 g/mol. The van der Waals surface area contributed by atoms with E-state index in [1.165, 1.54) is 18.3 Å². The quantitative estimate of drug-likeness (QED) is 0.919. The van der Waals surface area contributed by atoms with Crippen molar-refractivity contribution in [1.29, 1.82) is 0 Å². The molecule has 0 bridgehead atoms. The molecule has 2 aromatic rings. The Kier molecular flexibility index (Phi) is 4.59. The Bertz CT molecular complexity index is 670. The van der Waals surface area contributed by atoms with Crippen LogP contribution in [0.1, 0.15) is 5.56 Å². The summed E-state index contributed by atoms with van der Waals surface area (Å²) in [4.78, 5) is 3.79. The first kappa shape index (κ1) is 14.8. The minimum absolute atomic E-state index is 0.0598. The van der Waals surface area contributed by atoms with E-state index in [4.69, 9.17) is 16.3 Å². The molecule has 0 atom stereocenters. The molecule has 0 fully saturated rings. The molecule has 7 heteroatoms. The second kappa shape index (κ2) is 6.21. The molecule has 0 saturated carbocycles. The lowest BCUT2D eigenvalue weighted by Crippen LogP contribution is -2.24. The molecule has 0 aliphatic carbocycles. The summed E-state index contributed by atoms with van der Waals surface area (Å²) in [6, 6.07) is 9.96. The Morgan fingerprint density at radius 1 is 1.20 bits per heavy atom. The number of pyridine rings is 1. The molecule has 0 spiro atoms. The van der Waals surface area contributed by atoms with Crippen LogP contribution in [0.15, 0.2) is 47.6 Å². The Morgan fingerprint density at radius 2 is 1.90 bits per heavy atom. The highest BCUT2D eigenvalue weighted by Crippen LogP contribution is 2.13. The van der Waals surface area contributed by atoms with E-state index >= 15 is 0 Å². The molecule has 0 unspecified atom stereocenters. The summed E-state index contributed by atoms with van der Waals surface area (Å²) in [6.07, 6.45) is 1.30. The topological polar surface area (TPSA) is 68.3 Å². The van der Waals surface area contributed by atoms with Crippen LogP contribution in [0.4, 0.5) is 0 Å². The maximum absolute atomic E-state index is 12.0. The Hall–Kier alpha value is -1.63. The number of nitrogens with one attached hydrogen (secondary N) is 1. The minimum atomic E-state index is -3.64. The van der Waals surface area contributed by atoms with E-state index in [0.717, 1.165) is 11.3 Å². The number of benzene rings is 1.